The Morgan fingerprint density at radius 1 is 1.21 bits per heavy atom. The molecule has 5 heteroatoms. The Hall–Kier alpha value is -1.37. The highest BCUT2D eigenvalue weighted by atomic mass is 127. The van der Waals surface area contributed by atoms with Crippen LogP contribution in [0.2, 0.25) is 0 Å². The Morgan fingerprint density at radius 2 is 1.92 bits per heavy atom. The molecule has 24 heavy (non-hydrogen) atoms. The van der Waals surface area contributed by atoms with Crippen molar-refractivity contribution in [2.45, 2.75) is 26.8 Å². The highest BCUT2D eigenvalue weighted by Crippen LogP contribution is 2.21. The normalized spacial score (nSPS) is 21.5. The molecule has 1 aromatic heterocycles. The lowest BCUT2D eigenvalue weighted by Gasteiger charge is -2.37. The molecule has 4 nitrogen and oxygen atoms in total. The van der Waals surface area contributed by atoms with Gasteiger partial charge in [0.25, 0.3) is 0 Å². The first-order valence-electron chi connectivity index (χ1n) is 8.45. The van der Waals surface area contributed by atoms with E-state index >= 15 is 0 Å². The van der Waals surface area contributed by atoms with Crippen molar-refractivity contribution < 1.29 is 0 Å². The molecule has 2 unspecified atom stereocenters. The van der Waals surface area contributed by atoms with Gasteiger partial charge in [0.15, 0.2) is 5.96 Å². The summed E-state index contributed by atoms with van der Waals surface area (Å²) in [5, 5.41) is 5.94. The summed E-state index contributed by atoms with van der Waals surface area (Å²) in [5.41, 5.74) is 1.07. The Morgan fingerprint density at radius 3 is 2.62 bits per heavy atom. The molecule has 0 amide bonds. The molecule has 130 valence electrons. The number of aromatic nitrogens is 1. The summed E-state index contributed by atoms with van der Waals surface area (Å²) in [6, 6.07) is 10.4. The van der Waals surface area contributed by atoms with Crippen molar-refractivity contribution in [1.29, 1.82) is 0 Å². The summed E-state index contributed by atoms with van der Waals surface area (Å²) in [6.07, 6.45) is 3.19. The Kier molecular flexibility index (Phi) is 6.83. The van der Waals surface area contributed by atoms with Crippen molar-refractivity contribution in [2.75, 3.05) is 20.1 Å². The number of fused-ring (bicyclic) bond motifs is 1. The van der Waals surface area contributed by atoms with Gasteiger partial charge in [0.1, 0.15) is 0 Å². The van der Waals surface area contributed by atoms with Crippen LogP contribution in [0.3, 0.4) is 0 Å². The molecular formula is C19H27IN4. The maximum Gasteiger partial charge on any atom is 0.193 e. The SMILES string of the molecule is CN=C(NCc1nccc2ccccc12)N1CC(C)CC(C)C1.I. The van der Waals surface area contributed by atoms with Gasteiger partial charge in [-0.3, -0.25) is 9.98 Å². The van der Waals surface area contributed by atoms with Gasteiger partial charge in [-0.15, -0.1) is 24.0 Å². The fraction of sp³-hybridized carbons (Fsp3) is 0.474. The van der Waals surface area contributed by atoms with Gasteiger partial charge in [-0.2, -0.15) is 0 Å². The van der Waals surface area contributed by atoms with Gasteiger partial charge in [0.05, 0.1) is 12.2 Å². The van der Waals surface area contributed by atoms with E-state index in [4.69, 9.17) is 0 Å². The third-order valence-corrected chi connectivity index (χ3v) is 4.55. The lowest BCUT2D eigenvalue weighted by atomic mass is 9.92. The smallest absolute Gasteiger partial charge is 0.193 e. The summed E-state index contributed by atoms with van der Waals surface area (Å²) in [4.78, 5) is 11.4. The Labute approximate surface area is 161 Å². The van der Waals surface area contributed by atoms with Crippen molar-refractivity contribution in [2.24, 2.45) is 16.8 Å². The molecule has 1 N–H and O–H groups in total. The highest BCUT2D eigenvalue weighted by molar-refractivity contribution is 14.0. The molecule has 0 aliphatic carbocycles. The molecule has 1 fully saturated rings. The summed E-state index contributed by atoms with van der Waals surface area (Å²) >= 11 is 0. The summed E-state index contributed by atoms with van der Waals surface area (Å²) < 4.78 is 0. The number of hydrogen-bond acceptors (Lipinski definition) is 2. The van der Waals surface area contributed by atoms with Crippen LogP contribution in [-0.4, -0.2) is 36.0 Å². The number of benzene rings is 1. The molecule has 2 aromatic rings. The molecule has 0 spiro atoms. The average molecular weight is 438 g/mol. The van der Waals surface area contributed by atoms with Crippen LogP contribution < -0.4 is 5.32 Å². The van der Waals surface area contributed by atoms with Gasteiger partial charge in [0.2, 0.25) is 0 Å². The van der Waals surface area contributed by atoms with Crippen LogP contribution in [0.4, 0.5) is 0 Å². The van der Waals surface area contributed by atoms with Gasteiger partial charge in [0, 0.05) is 31.7 Å². The molecule has 0 saturated carbocycles. The van der Waals surface area contributed by atoms with Gasteiger partial charge in [-0.05, 0) is 29.7 Å². The van der Waals surface area contributed by atoms with Crippen molar-refractivity contribution in [3.05, 3.63) is 42.2 Å². The molecule has 3 rings (SSSR count). The van der Waals surface area contributed by atoms with Crippen LogP contribution in [0.25, 0.3) is 10.8 Å². The maximum atomic E-state index is 4.55. The Bertz CT molecular complexity index is 685. The molecule has 0 radical (unpaired) electrons. The van der Waals surface area contributed by atoms with Gasteiger partial charge >= 0.3 is 0 Å². The Balaban J connectivity index is 0.00000208. The lowest BCUT2D eigenvalue weighted by Crippen LogP contribution is -2.48. The predicted octanol–water partition coefficient (Wildman–Crippen LogP) is 3.91. The van der Waals surface area contributed by atoms with E-state index in [-0.39, 0.29) is 24.0 Å². The van der Waals surface area contributed by atoms with Gasteiger partial charge in [-0.25, -0.2) is 0 Å². The second-order valence-electron chi connectivity index (χ2n) is 6.73. The number of likely N-dealkylation sites (tertiary alicyclic amines) is 1. The van der Waals surface area contributed by atoms with Crippen LogP contribution in [0, 0.1) is 11.8 Å². The first kappa shape index (κ1) is 19.0. The van der Waals surface area contributed by atoms with E-state index in [1.807, 2.05) is 13.2 Å². The molecule has 2 atom stereocenters. The number of piperidine rings is 1. The molecule has 1 saturated heterocycles. The first-order chi connectivity index (χ1) is 11.2. The second-order valence-corrected chi connectivity index (χ2v) is 6.73. The largest absolute Gasteiger partial charge is 0.351 e. The van der Waals surface area contributed by atoms with Crippen molar-refractivity contribution in [1.82, 2.24) is 15.2 Å². The number of aliphatic imine (C=N–C) groups is 1. The number of hydrogen-bond donors (Lipinski definition) is 1. The number of nitrogens with one attached hydrogen (secondary N) is 1. The topological polar surface area (TPSA) is 40.5 Å². The summed E-state index contributed by atoms with van der Waals surface area (Å²) in [6.45, 7) is 7.50. The zero-order valence-electron chi connectivity index (χ0n) is 14.7. The number of halogens is 1. The van der Waals surface area contributed by atoms with Crippen LogP contribution in [0.15, 0.2) is 41.5 Å². The lowest BCUT2D eigenvalue weighted by molar-refractivity contribution is 0.208. The predicted molar refractivity (Wildman–Crippen MR) is 112 cm³/mol. The minimum Gasteiger partial charge on any atom is -0.351 e. The number of rotatable bonds is 2. The third-order valence-electron chi connectivity index (χ3n) is 4.55. The quantitative estimate of drug-likeness (QED) is 0.439. The fourth-order valence-corrected chi connectivity index (χ4v) is 3.65. The summed E-state index contributed by atoms with van der Waals surface area (Å²) in [5.74, 6) is 2.42. The van der Waals surface area contributed by atoms with E-state index in [9.17, 15) is 0 Å². The van der Waals surface area contributed by atoms with Gasteiger partial charge < -0.3 is 10.2 Å². The highest BCUT2D eigenvalue weighted by Gasteiger charge is 2.24. The molecule has 1 aliphatic heterocycles. The fourth-order valence-electron chi connectivity index (χ4n) is 3.65. The van der Waals surface area contributed by atoms with Crippen molar-refractivity contribution >= 4 is 40.7 Å². The molecule has 0 bridgehead atoms. The molecule has 2 heterocycles. The van der Waals surface area contributed by atoms with E-state index < -0.39 is 0 Å². The molecular weight excluding hydrogens is 411 g/mol. The standard InChI is InChI=1S/C19H26N4.HI/c1-14-10-15(2)13-23(12-14)19(20-3)22-11-18-17-7-5-4-6-16(17)8-9-21-18;/h4-9,14-15H,10-13H2,1-3H3,(H,20,22);1H. The van der Waals surface area contributed by atoms with E-state index in [1.165, 1.54) is 17.2 Å². The van der Waals surface area contributed by atoms with E-state index in [0.717, 1.165) is 24.7 Å². The van der Waals surface area contributed by atoms with Crippen LogP contribution in [0.1, 0.15) is 26.0 Å². The van der Waals surface area contributed by atoms with Crippen molar-refractivity contribution in [3.63, 3.8) is 0 Å². The van der Waals surface area contributed by atoms with Crippen LogP contribution in [0.5, 0.6) is 0 Å². The monoisotopic (exact) mass is 438 g/mol. The zero-order valence-corrected chi connectivity index (χ0v) is 17.0. The average Bonchev–Trinajstić information content (AvgIpc) is 2.54. The van der Waals surface area contributed by atoms with E-state index in [1.54, 1.807) is 0 Å². The number of pyridine rings is 1. The van der Waals surface area contributed by atoms with E-state index in [0.29, 0.717) is 18.4 Å². The minimum absolute atomic E-state index is 0. The zero-order chi connectivity index (χ0) is 16.2. The van der Waals surface area contributed by atoms with E-state index in [2.05, 4.69) is 64.4 Å². The van der Waals surface area contributed by atoms with Crippen molar-refractivity contribution in [3.8, 4) is 0 Å². The van der Waals surface area contributed by atoms with Crippen LogP contribution >= 0.6 is 24.0 Å². The van der Waals surface area contributed by atoms with Crippen LogP contribution in [-0.2, 0) is 6.54 Å². The maximum absolute atomic E-state index is 4.55. The first-order valence-corrected chi connectivity index (χ1v) is 8.45. The minimum atomic E-state index is 0. The summed E-state index contributed by atoms with van der Waals surface area (Å²) in [7, 11) is 1.86. The number of nitrogens with zero attached hydrogens (tertiary/aromatic N) is 3. The second kappa shape index (κ2) is 8.65. The third kappa shape index (κ3) is 4.37. The van der Waals surface area contributed by atoms with Gasteiger partial charge in [-0.1, -0.05) is 38.1 Å². The number of guanidine groups is 1. The molecule has 1 aliphatic rings. The molecule has 1 aromatic carbocycles.